The van der Waals surface area contributed by atoms with Gasteiger partial charge in [-0.1, -0.05) is 29.3 Å². The second-order valence-electron chi connectivity index (χ2n) is 4.04. The fourth-order valence-electron chi connectivity index (χ4n) is 1.54. The number of hydrogen-bond donors (Lipinski definition) is 2. The molecule has 21 heavy (non-hydrogen) atoms. The van der Waals surface area contributed by atoms with Gasteiger partial charge in [-0.2, -0.15) is 0 Å². The van der Waals surface area contributed by atoms with Crippen molar-refractivity contribution in [3.8, 4) is 0 Å². The molecule has 0 radical (unpaired) electrons. The van der Waals surface area contributed by atoms with Gasteiger partial charge in [-0.15, -0.1) is 0 Å². The zero-order valence-corrected chi connectivity index (χ0v) is 12.0. The van der Waals surface area contributed by atoms with Crippen LogP contribution in [0.1, 0.15) is 26.4 Å². The quantitative estimate of drug-likeness (QED) is 0.842. The van der Waals surface area contributed by atoms with E-state index in [2.05, 4.69) is 15.3 Å². The van der Waals surface area contributed by atoms with Crippen molar-refractivity contribution < 1.29 is 14.7 Å². The minimum Gasteiger partial charge on any atom is -0.477 e. The van der Waals surface area contributed by atoms with Crippen LogP contribution in [0.15, 0.2) is 30.5 Å². The molecule has 0 aromatic carbocycles. The van der Waals surface area contributed by atoms with Crippen LogP contribution in [0.3, 0.4) is 0 Å². The van der Waals surface area contributed by atoms with Crippen LogP contribution in [0.2, 0.25) is 10.3 Å². The maximum absolute atomic E-state index is 11.9. The lowest BCUT2D eigenvalue weighted by Crippen LogP contribution is -2.23. The van der Waals surface area contributed by atoms with E-state index in [1.54, 1.807) is 6.07 Å². The second-order valence-corrected chi connectivity index (χ2v) is 4.82. The van der Waals surface area contributed by atoms with Gasteiger partial charge in [0, 0.05) is 18.3 Å². The van der Waals surface area contributed by atoms with Crippen molar-refractivity contribution in [1.82, 2.24) is 15.3 Å². The van der Waals surface area contributed by atoms with E-state index in [1.165, 1.54) is 24.4 Å². The molecule has 8 heteroatoms. The van der Waals surface area contributed by atoms with Crippen LogP contribution in [0.4, 0.5) is 0 Å². The molecular formula is C13H9Cl2N3O3. The average Bonchev–Trinajstić information content (AvgIpc) is 2.44. The zero-order valence-electron chi connectivity index (χ0n) is 10.5. The van der Waals surface area contributed by atoms with Gasteiger partial charge in [-0.3, -0.25) is 4.79 Å². The number of carboxylic acid groups (broad SMARTS) is 1. The first-order valence-corrected chi connectivity index (χ1v) is 6.51. The number of halogens is 2. The summed E-state index contributed by atoms with van der Waals surface area (Å²) in [5.41, 5.74) is 0.896. The predicted molar refractivity (Wildman–Crippen MR) is 76.6 cm³/mol. The number of aromatic nitrogens is 2. The van der Waals surface area contributed by atoms with Crippen LogP contribution in [0.5, 0.6) is 0 Å². The summed E-state index contributed by atoms with van der Waals surface area (Å²) >= 11 is 11.4. The molecule has 0 aliphatic rings. The number of carboxylic acids is 1. The van der Waals surface area contributed by atoms with Gasteiger partial charge in [0.2, 0.25) is 0 Å². The third-order valence-corrected chi connectivity index (χ3v) is 2.91. The Morgan fingerprint density at radius 1 is 1.19 bits per heavy atom. The Balaban J connectivity index is 2.02. The number of amides is 1. The largest absolute Gasteiger partial charge is 0.477 e. The first-order valence-electron chi connectivity index (χ1n) is 5.75. The number of hydrogen-bond acceptors (Lipinski definition) is 4. The third-order valence-electron chi connectivity index (χ3n) is 2.52. The van der Waals surface area contributed by atoms with Crippen molar-refractivity contribution in [2.75, 3.05) is 0 Å². The van der Waals surface area contributed by atoms with E-state index in [-0.39, 0.29) is 34.0 Å². The predicted octanol–water partition coefficient (Wildman–Crippen LogP) is 2.41. The fraction of sp³-hybridized carbons (Fsp3) is 0.0769. The minimum absolute atomic E-state index is 0.0576. The molecule has 0 unspecified atom stereocenters. The normalized spacial score (nSPS) is 10.2. The molecule has 2 N–H and O–H groups in total. The zero-order chi connectivity index (χ0) is 15.4. The maximum Gasteiger partial charge on any atom is 0.354 e. The van der Waals surface area contributed by atoms with Gasteiger partial charge < -0.3 is 10.4 Å². The number of nitrogens with one attached hydrogen (secondary N) is 1. The number of carbonyl (C=O) groups is 2. The number of aromatic carboxylic acids is 1. The highest BCUT2D eigenvalue weighted by Crippen LogP contribution is 2.14. The van der Waals surface area contributed by atoms with E-state index in [0.29, 0.717) is 5.56 Å². The van der Waals surface area contributed by atoms with Crippen molar-refractivity contribution in [2.24, 2.45) is 0 Å². The Morgan fingerprint density at radius 3 is 2.38 bits per heavy atom. The first-order chi connectivity index (χ1) is 9.95. The highest BCUT2D eigenvalue weighted by atomic mass is 35.5. The molecule has 0 atom stereocenters. The standard InChI is InChI=1S/C13H9Cl2N3O3/c14-10-3-8(4-11(15)18-10)12(19)17-6-7-1-2-9(13(20)21)16-5-7/h1-5H,6H2,(H,17,19)(H,20,21). The van der Waals surface area contributed by atoms with Gasteiger partial charge in [-0.05, 0) is 23.8 Å². The summed E-state index contributed by atoms with van der Waals surface area (Å²) in [6.07, 6.45) is 1.39. The van der Waals surface area contributed by atoms with Gasteiger partial charge in [0.25, 0.3) is 5.91 Å². The summed E-state index contributed by atoms with van der Waals surface area (Å²) in [5, 5.41) is 11.6. The number of carbonyl (C=O) groups excluding carboxylic acids is 1. The van der Waals surface area contributed by atoms with Crippen molar-refractivity contribution in [1.29, 1.82) is 0 Å². The Hall–Kier alpha value is -2.18. The van der Waals surface area contributed by atoms with Gasteiger partial charge in [0.1, 0.15) is 16.0 Å². The summed E-state index contributed by atoms with van der Waals surface area (Å²) in [6, 6.07) is 5.73. The topological polar surface area (TPSA) is 92.2 Å². The summed E-state index contributed by atoms with van der Waals surface area (Å²) in [7, 11) is 0. The van der Waals surface area contributed by atoms with Crippen molar-refractivity contribution >= 4 is 35.1 Å². The van der Waals surface area contributed by atoms with Gasteiger partial charge in [0.15, 0.2) is 0 Å². The molecule has 0 aliphatic carbocycles. The summed E-state index contributed by atoms with van der Waals surface area (Å²) < 4.78 is 0. The molecular weight excluding hydrogens is 317 g/mol. The molecule has 0 aliphatic heterocycles. The maximum atomic E-state index is 11.9. The molecule has 2 aromatic heterocycles. The van der Waals surface area contributed by atoms with Gasteiger partial charge in [-0.25, -0.2) is 14.8 Å². The van der Waals surface area contributed by atoms with Crippen LogP contribution < -0.4 is 5.32 Å². The summed E-state index contributed by atoms with van der Waals surface area (Å²) in [5.74, 6) is -1.48. The van der Waals surface area contributed by atoms with Crippen molar-refractivity contribution in [3.05, 3.63) is 57.6 Å². The lowest BCUT2D eigenvalue weighted by molar-refractivity contribution is 0.0690. The molecule has 2 heterocycles. The highest BCUT2D eigenvalue weighted by molar-refractivity contribution is 6.33. The Morgan fingerprint density at radius 2 is 1.86 bits per heavy atom. The van der Waals surface area contributed by atoms with E-state index in [4.69, 9.17) is 28.3 Å². The Labute approximate surface area is 129 Å². The highest BCUT2D eigenvalue weighted by Gasteiger charge is 2.09. The van der Waals surface area contributed by atoms with Gasteiger partial charge in [0.05, 0.1) is 0 Å². The summed E-state index contributed by atoms with van der Waals surface area (Å²) in [4.78, 5) is 30.1. The summed E-state index contributed by atoms with van der Waals surface area (Å²) in [6.45, 7) is 0.198. The van der Waals surface area contributed by atoms with E-state index >= 15 is 0 Å². The monoisotopic (exact) mass is 325 g/mol. The number of rotatable bonds is 4. The van der Waals surface area contributed by atoms with E-state index in [0.717, 1.165) is 0 Å². The minimum atomic E-state index is -1.10. The third kappa shape index (κ3) is 4.14. The molecule has 108 valence electrons. The van der Waals surface area contributed by atoms with Crippen LogP contribution in [0.25, 0.3) is 0 Å². The van der Waals surface area contributed by atoms with E-state index < -0.39 is 5.97 Å². The van der Waals surface area contributed by atoms with Crippen LogP contribution in [0, 0.1) is 0 Å². The lowest BCUT2D eigenvalue weighted by atomic mass is 10.2. The van der Waals surface area contributed by atoms with Gasteiger partial charge >= 0.3 is 5.97 Å². The smallest absolute Gasteiger partial charge is 0.354 e. The SMILES string of the molecule is O=C(NCc1ccc(C(=O)O)nc1)c1cc(Cl)nc(Cl)c1. The first kappa shape index (κ1) is 15.2. The van der Waals surface area contributed by atoms with Crippen molar-refractivity contribution in [2.45, 2.75) is 6.54 Å². The molecule has 6 nitrogen and oxygen atoms in total. The van der Waals surface area contributed by atoms with Crippen LogP contribution >= 0.6 is 23.2 Å². The van der Waals surface area contributed by atoms with E-state index in [1.807, 2.05) is 0 Å². The molecule has 0 fully saturated rings. The number of nitrogens with zero attached hydrogens (tertiary/aromatic N) is 2. The number of pyridine rings is 2. The molecule has 1 amide bonds. The molecule has 0 saturated carbocycles. The molecule has 0 saturated heterocycles. The molecule has 2 rings (SSSR count). The fourth-order valence-corrected chi connectivity index (χ4v) is 2.00. The van der Waals surface area contributed by atoms with Crippen LogP contribution in [-0.4, -0.2) is 27.0 Å². The Kier molecular flexibility index (Phi) is 4.72. The lowest BCUT2D eigenvalue weighted by Gasteiger charge is -2.06. The van der Waals surface area contributed by atoms with Crippen LogP contribution in [-0.2, 0) is 6.54 Å². The molecule has 0 spiro atoms. The van der Waals surface area contributed by atoms with E-state index in [9.17, 15) is 9.59 Å². The average molecular weight is 326 g/mol. The van der Waals surface area contributed by atoms with Crippen molar-refractivity contribution in [3.63, 3.8) is 0 Å². The molecule has 2 aromatic rings. The Bertz CT molecular complexity index is 669. The second kappa shape index (κ2) is 6.51. The molecule has 0 bridgehead atoms.